The molecule has 1 saturated heterocycles. The first kappa shape index (κ1) is 22.9. The Labute approximate surface area is 183 Å². The van der Waals surface area contributed by atoms with Gasteiger partial charge in [-0.15, -0.1) is 0 Å². The van der Waals surface area contributed by atoms with Crippen LogP contribution in [0.4, 0.5) is 0 Å². The first-order valence-electron chi connectivity index (χ1n) is 10.3. The zero-order valence-electron chi connectivity index (χ0n) is 18.0. The predicted octanol–water partition coefficient (Wildman–Crippen LogP) is 2.64. The zero-order valence-corrected chi connectivity index (χ0v) is 18.8. The standard InChI is InChI=1S/C22H28N2O6S/c1-4-29-19-9-7-17(15-20(19)30-5-2)22(26)23-10-12-24(13-11-23)31(27,28)21-14-16(3)6-8-18(21)25/h6-9,14-15,25H,4-5,10-13H2,1-3H3. The van der Waals surface area contributed by atoms with Crippen LogP contribution in [-0.4, -0.2) is 68.0 Å². The lowest BCUT2D eigenvalue weighted by atomic mass is 10.1. The summed E-state index contributed by atoms with van der Waals surface area (Å²) in [5, 5.41) is 10.0. The number of aromatic hydroxyl groups is 1. The molecule has 31 heavy (non-hydrogen) atoms. The van der Waals surface area contributed by atoms with E-state index in [1.807, 2.05) is 13.8 Å². The molecule has 0 unspecified atom stereocenters. The van der Waals surface area contributed by atoms with Gasteiger partial charge in [0, 0.05) is 31.7 Å². The molecule has 0 aromatic heterocycles. The molecule has 8 nitrogen and oxygen atoms in total. The molecule has 0 bridgehead atoms. The maximum atomic E-state index is 13.0. The molecule has 1 heterocycles. The Bertz CT molecular complexity index is 1050. The molecule has 168 valence electrons. The number of phenolic OH excluding ortho intramolecular Hbond substituents is 1. The number of carbonyl (C=O) groups excluding carboxylic acids is 1. The van der Waals surface area contributed by atoms with Crippen molar-refractivity contribution < 1.29 is 27.8 Å². The van der Waals surface area contributed by atoms with E-state index < -0.39 is 10.0 Å². The molecule has 1 amide bonds. The van der Waals surface area contributed by atoms with Gasteiger partial charge in [-0.1, -0.05) is 6.07 Å². The summed E-state index contributed by atoms with van der Waals surface area (Å²) < 4.78 is 38.3. The second-order valence-corrected chi connectivity index (χ2v) is 9.10. The second-order valence-electron chi connectivity index (χ2n) is 7.20. The summed E-state index contributed by atoms with van der Waals surface area (Å²) in [6, 6.07) is 9.54. The van der Waals surface area contributed by atoms with Crippen LogP contribution >= 0.6 is 0 Å². The third kappa shape index (κ3) is 4.94. The van der Waals surface area contributed by atoms with E-state index in [9.17, 15) is 18.3 Å². The van der Waals surface area contributed by atoms with Crippen molar-refractivity contribution in [2.75, 3.05) is 39.4 Å². The number of benzene rings is 2. The van der Waals surface area contributed by atoms with Crippen LogP contribution in [0.5, 0.6) is 17.2 Å². The fourth-order valence-corrected chi connectivity index (χ4v) is 5.05. The molecule has 3 rings (SSSR count). The Balaban J connectivity index is 1.72. The van der Waals surface area contributed by atoms with E-state index in [2.05, 4.69) is 0 Å². The molecular weight excluding hydrogens is 420 g/mol. The number of rotatable bonds is 7. The molecule has 2 aromatic carbocycles. The maximum absolute atomic E-state index is 13.0. The molecular formula is C22H28N2O6S. The van der Waals surface area contributed by atoms with Gasteiger partial charge in [-0.25, -0.2) is 8.42 Å². The van der Waals surface area contributed by atoms with Gasteiger partial charge in [0.2, 0.25) is 10.0 Å². The van der Waals surface area contributed by atoms with Crippen molar-refractivity contribution in [1.29, 1.82) is 0 Å². The number of ether oxygens (including phenoxy) is 2. The first-order valence-corrected chi connectivity index (χ1v) is 11.7. The van der Waals surface area contributed by atoms with Crippen molar-refractivity contribution in [3.63, 3.8) is 0 Å². The number of sulfonamides is 1. The van der Waals surface area contributed by atoms with Crippen LogP contribution in [-0.2, 0) is 10.0 Å². The minimum Gasteiger partial charge on any atom is -0.507 e. The number of carbonyl (C=O) groups is 1. The summed E-state index contributed by atoms with van der Waals surface area (Å²) in [7, 11) is -3.85. The highest BCUT2D eigenvalue weighted by atomic mass is 32.2. The highest BCUT2D eigenvalue weighted by Gasteiger charge is 2.32. The summed E-state index contributed by atoms with van der Waals surface area (Å²) >= 11 is 0. The number of piperazine rings is 1. The maximum Gasteiger partial charge on any atom is 0.254 e. The third-order valence-corrected chi connectivity index (χ3v) is 6.98. The first-order chi connectivity index (χ1) is 14.8. The average Bonchev–Trinajstić information content (AvgIpc) is 2.76. The summed E-state index contributed by atoms with van der Waals surface area (Å²) in [4.78, 5) is 14.5. The number of hydrogen-bond donors (Lipinski definition) is 1. The lowest BCUT2D eigenvalue weighted by molar-refractivity contribution is 0.0697. The third-order valence-electron chi connectivity index (χ3n) is 5.05. The summed E-state index contributed by atoms with van der Waals surface area (Å²) in [6.45, 7) is 7.23. The topological polar surface area (TPSA) is 96.4 Å². The van der Waals surface area contributed by atoms with Crippen LogP contribution in [0.1, 0.15) is 29.8 Å². The van der Waals surface area contributed by atoms with Crippen LogP contribution < -0.4 is 9.47 Å². The quantitative estimate of drug-likeness (QED) is 0.700. The smallest absolute Gasteiger partial charge is 0.254 e. The molecule has 0 saturated carbocycles. The molecule has 0 atom stereocenters. The van der Waals surface area contributed by atoms with Crippen molar-refractivity contribution in [2.45, 2.75) is 25.7 Å². The monoisotopic (exact) mass is 448 g/mol. The highest BCUT2D eigenvalue weighted by molar-refractivity contribution is 7.89. The fraction of sp³-hybridized carbons (Fsp3) is 0.409. The SMILES string of the molecule is CCOc1ccc(C(=O)N2CCN(S(=O)(=O)c3cc(C)ccc3O)CC2)cc1OCC. The molecule has 0 spiro atoms. The Morgan fingerprint density at radius 1 is 0.968 bits per heavy atom. The number of amides is 1. The van der Waals surface area contributed by atoms with Crippen molar-refractivity contribution in [3.8, 4) is 17.2 Å². The van der Waals surface area contributed by atoms with Gasteiger partial charge >= 0.3 is 0 Å². The summed E-state index contributed by atoms with van der Waals surface area (Å²) in [6.07, 6.45) is 0. The van der Waals surface area contributed by atoms with Gasteiger partial charge < -0.3 is 19.5 Å². The van der Waals surface area contributed by atoms with Gasteiger partial charge in [-0.3, -0.25) is 4.79 Å². The van der Waals surface area contributed by atoms with Gasteiger partial charge in [-0.2, -0.15) is 4.31 Å². The molecule has 1 aliphatic heterocycles. The Morgan fingerprint density at radius 3 is 2.26 bits per heavy atom. The largest absolute Gasteiger partial charge is 0.507 e. The Hall–Kier alpha value is -2.78. The van der Waals surface area contributed by atoms with Crippen molar-refractivity contribution in [1.82, 2.24) is 9.21 Å². The van der Waals surface area contributed by atoms with Gasteiger partial charge in [0.05, 0.1) is 13.2 Å². The van der Waals surface area contributed by atoms with E-state index >= 15 is 0 Å². The normalized spacial score (nSPS) is 15.0. The number of hydrogen-bond acceptors (Lipinski definition) is 6. The van der Waals surface area contributed by atoms with Crippen LogP contribution in [0.2, 0.25) is 0 Å². The van der Waals surface area contributed by atoms with E-state index in [4.69, 9.17) is 9.47 Å². The van der Waals surface area contributed by atoms with Crippen LogP contribution in [0, 0.1) is 6.92 Å². The van der Waals surface area contributed by atoms with Gasteiger partial charge in [-0.05, 0) is 56.7 Å². The average molecular weight is 449 g/mol. The number of phenols is 1. The molecule has 1 fully saturated rings. The fourth-order valence-electron chi connectivity index (χ4n) is 3.47. The zero-order chi connectivity index (χ0) is 22.6. The summed E-state index contributed by atoms with van der Waals surface area (Å²) in [5.41, 5.74) is 1.20. The van der Waals surface area contributed by atoms with E-state index in [0.717, 1.165) is 5.56 Å². The lowest BCUT2D eigenvalue weighted by Crippen LogP contribution is -2.50. The molecule has 9 heteroatoms. The number of aryl methyl sites for hydroxylation is 1. The lowest BCUT2D eigenvalue weighted by Gasteiger charge is -2.34. The highest BCUT2D eigenvalue weighted by Crippen LogP contribution is 2.30. The van der Waals surface area contributed by atoms with Crippen LogP contribution in [0.15, 0.2) is 41.3 Å². The Morgan fingerprint density at radius 2 is 1.61 bits per heavy atom. The second kappa shape index (κ2) is 9.57. The minimum absolute atomic E-state index is 0.111. The van der Waals surface area contributed by atoms with Crippen LogP contribution in [0.3, 0.4) is 0 Å². The number of nitrogens with zero attached hydrogens (tertiary/aromatic N) is 2. The molecule has 1 aliphatic rings. The minimum atomic E-state index is -3.85. The molecule has 0 radical (unpaired) electrons. The van der Waals surface area contributed by atoms with E-state index in [1.165, 1.54) is 16.4 Å². The van der Waals surface area contributed by atoms with E-state index in [-0.39, 0.29) is 42.7 Å². The molecule has 2 aromatic rings. The summed E-state index contributed by atoms with van der Waals surface area (Å²) in [5.74, 6) is 0.613. The van der Waals surface area contributed by atoms with Gasteiger partial charge in [0.25, 0.3) is 5.91 Å². The van der Waals surface area contributed by atoms with Crippen molar-refractivity contribution in [3.05, 3.63) is 47.5 Å². The van der Waals surface area contributed by atoms with E-state index in [0.29, 0.717) is 30.3 Å². The van der Waals surface area contributed by atoms with Crippen molar-refractivity contribution in [2.24, 2.45) is 0 Å². The van der Waals surface area contributed by atoms with Crippen molar-refractivity contribution >= 4 is 15.9 Å². The Kier molecular flexibility index (Phi) is 7.07. The van der Waals surface area contributed by atoms with Gasteiger partial charge in [0.15, 0.2) is 11.5 Å². The van der Waals surface area contributed by atoms with Gasteiger partial charge in [0.1, 0.15) is 10.6 Å². The molecule has 1 N–H and O–H groups in total. The van der Waals surface area contributed by atoms with Crippen LogP contribution in [0.25, 0.3) is 0 Å². The van der Waals surface area contributed by atoms with E-state index in [1.54, 1.807) is 36.1 Å². The molecule has 0 aliphatic carbocycles. The predicted molar refractivity (Wildman–Crippen MR) is 116 cm³/mol.